The highest BCUT2D eigenvalue weighted by atomic mass is 16.5. The third-order valence-electron chi connectivity index (χ3n) is 6.33. The largest absolute Gasteiger partial charge is 0.508 e. The molecule has 0 radical (unpaired) electrons. The van der Waals surface area contributed by atoms with E-state index in [0.29, 0.717) is 31.6 Å². The molecular formula is C24H32N6O4. The topological polar surface area (TPSA) is 105 Å². The van der Waals surface area contributed by atoms with E-state index in [-0.39, 0.29) is 5.75 Å². The van der Waals surface area contributed by atoms with E-state index in [1.165, 1.54) is 0 Å². The SMILES string of the molecule is Oc1ccc2c(c1)CCCC2=NNc1cc(N2CCOCC2)nc(OCCN2CCOCC2)n1. The first-order valence-corrected chi connectivity index (χ1v) is 12.0. The molecule has 3 heterocycles. The maximum Gasteiger partial charge on any atom is 0.320 e. The van der Waals surface area contributed by atoms with Crippen LogP contribution in [0.2, 0.25) is 0 Å². The first kappa shape index (κ1) is 22.8. The zero-order chi connectivity index (χ0) is 23.2. The number of anilines is 2. The molecule has 2 N–H and O–H groups in total. The number of aryl methyl sites for hydroxylation is 1. The van der Waals surface area contributed by atoms with Crippen LogP contribution in [-0.2, 0) is 15.9 Å². The molecule has 182 valence electrons. The van der Waals surface area contributed by atoms with Gasteiger partial charge in [0.2, 0.25) is 0 Å². The fourth-order valence-electron chi connectivity index (χ4n) is 4.47. The van der Waals surface area contributed by atoms with E-state index >= 15 is 0 Å². The summed E-state index contributed by atoms with van der Waals surface area (Å²) < 4.78 is 16.9. The molecule has 0 bridgehead atoms. The van der Waals surface area contributed by atoms with Crippen LogP contribution < -0.4 is 15.1 Å². The molecule has 1 aromatic carbocycles. The van der Waals surface area contributed by atoms with Gasteiger partial charge < -0.3 is 24.2 Å². The van der Waals surface area contributed by atoms with Crippen molar-refractivity contribution >= 4 is 17.3 Å². The quantitative estimate of drug-likeness (QED) is 0.590. The molecule has 2 aliphatic heterocycles. The van der Waals surface area contributed by atoms with Gasteiger partial charge in [0.25, 0.3) is 0 Å². The van der Waals surface area contributed by atoms with E-state index in [9.17, 15) is 5.11 Å². The standard InChI is InChI=1S/C24H32N6O4/c31-19-4-5-20-18(16-19)2-1-3-21(20)27-28-22-17-23(30-9-13-33-14-10-30)26-24(25-22)34-15-8-29-6-11-32-12-7-29/h4-5,16-17,31H,1-3,6-15H2,(H,25,26,28). The Hall–Kier alpha value is -2.95. The van der Waals surface area contributed by atoms with Crippen molar-refractivity contribution in [2.75, 3.05) is 76.1 Å². The van der Waals surface area contributed by atoms with Gasteiger partial charge in [-0.25, -0.2) is 0 Å². The van der Waals surface area contributed by atoms with Crippen LogP contribution in [-0.4, -0.2) is 91.4 Å². The monoisotopic (exact) mass is 468 g/mol. The number of aromatic hydroxyl groups is 1. The van der Waals surface area contributed by atoms with Crippen molar-refractivity contribution in [1.29, 1.82) is 0 Å². The number of phenolic OH excluding ortho intramolecular Hbond substituents is 1. The van der Waals surface area contributed by atoms with Gasteiger partial charge in [-0.1, -0.05) is 0 Å². The second kappa shape index (κ2) is 11.0. The van der Waals surface area contributed by atoms with Gasteiger partial charge >= 0.3 is 6.01 Å². The Morgan fingerprint density at radius 3 is 2.62 bits per heavy atom. The van der Waals surface area contributed by atoms with Gasteiger partial charge in [0.15, 0.2) is 5.82 Å². The lowest BCUT2D eigenvalue weighted by Crippen LogP contribution is -2.39. The van der Waals surface area contributed by atoms with Crippen LogP contribution in [0, 0.1) is 0 Å². The Morgan fingerprint density at radius 2 is 1.79 bits per heavy atom. The van der Waals surface area contributed by atoms with Gasteiger partial charge in [0.05, 0.1) is 32.1 Å². The van der Waals surface area contributed by atoms with Crippen molar-refractivity contribution in [3.63, 3.8) is 0 Å². The molecular weight excluding hydrogens is 436 g/mol. The lowest BCUT2D eigenvalue weighted by atomic mass is 9.90. The van der Waals surface area contributed by atoms with Crippen LogP contribution in [0.25, 0.3) is 0 Å². The van der Waals surface area contributed by atoms with Crippen molar-refractivity contribution in [2.45, 2.75) is 19.3 Å². The van der Waals surface area contributed by atoms with Crippen molar-refractivity contribution in [3.8, 4) is 11.8 Å². The van der Waals surface area contributed by atoms with Crippen LogP contribution >= 0.6 is 0 Å². The molecule has 1 aromatic heterocycles. The van der Waals surface area contributed by atoms with Crippen LogP contribution in [0.1, 0.15) is 24.0 Å². The van der Waals surface area contributed by atoms with Gasteiger partial charge in [-0.15, -0.1) is 0 Å². The van der Waals surface area contributed by atoms with Gasteiger partial charge in [-0.2, -0.15) is 15.1 Å². The third-order valence-corrected chi connectivity index (χ3v) is 6.33. The zero-order valence-corrected chi connectivity index (χ0v) is 19.4. The number of nitrogens with one attached hydrogen (secondary N) is 1. The number of hydrogen-bond donors (Lipinski definition) is 2. The molecule has 10 heteroatoms. The summed E-state index contributed by atoms with van der Waals surface area (Å²) in [6, 6.07) is 7.72. The van der Waals surface area contributed by atoms with E-state index < -0.39 is 0 Å². The van der Waals surface area contributed by atoms with Crippen LogP contribution in [0.4, 0.5) is 11.6 Å². The first-order chi connectivity index (χ1) is 16.7. The molecule has 10 nitrogen and oxygen atoms in total. The van der Waals surface area contributed by atoms with E-state index in [2.05, 4.69) is 30.3 Å². The number of fused-ring (bicyclic) bond motifs is 1. The fourth-order valence-corrected chi connectivity index (χ4v) is 4.47. The first-order valence-electron chi connectivity index (χ1n) is 12.0. The van der Waals surface area contributed by atoms with E-state index in [0.717, 1.165) is 87.9 Å². The van der Waals surface area contributed by atoms with Gasteiger partial charge in [0, 0.05) is 44.4 Å². The Bertz CT molecular complexity index is 1000. The van der Waals surface area contributed by atoms with E-state index in [1.54, 1.807) is 6.07 Å². The van der Waals surface area contributed by atoms with Crippen molar-refractivity contribution in [2.24, 2.45) is 5.10 Å². The molecule has 0 unspecified atom stereocenters. The Balaban J connectivity index is 1.32. The summed E-state index contributed by atoms with van der Waals surface area (Å²) in [6.07, 6.45) is 2.81. The van der Waals surface area contributed by atoms with Crippen molar-refractivity contribution in [1.82, 2.24) is 14.9 Å². The van der Waals surface area contributed by atoms with E-state index in [1.807, 2.05) is 18.2 Å². The predicted molar refractivity (Wildman–Crippen MR) is 129 cm³/mol. The lowest BCUT2D eigenvalue weighted by Gasteiger charge is -2.28. The molecule has 0 saturated carbocycles. The van der Waals surface area contributed by atoms with Gasteiger partial charge in [-0.05, 0) is 43.0 Å². The summed E-state index contributed by atoms with van der Waals surface area (Å²) in [7, 11) is 0. The number of nitrogens with zero attached hydrogens (tertiary/aromatic N) is 5. The third kappa shape index (κ3) is 5.75. The molecule has 0 amide bonds. The molecule has 5 rings (SSSR count). The summed E-state index contributed by atoms with van der Waals surface area (Å²) in [6.45, 7) is 7.58. The van der Waals surface area contributed by atoms with Crippen molar-refractivity contribution in [3.05, 3.63) is 35.4 Å². The summed E-state index contributed by atoms with van der Waals surface area (Å²) in [4.78, 5) is 13.7. The number of hydrazone groups is 1. The molecule has 34 heavy (non-hydrogen) atoms. The number of phenols is 1. The second-order valence-corrected chi connectivity index (χ2v) is 8.66. The summed E-state index contributed by atoms with van der Waals surface area (Å²) in [5.41, 5.74) is 6.29. The van der Waals surface area contributed by atoms with E-state index in [4.69, 9.17) is 14.2 Å². The molecule has 2 aromatic rings. The number of hydrogen-bond acceptors (Lipinski definition) is 10. The Kier molecular flexibility index (Phi) is 7.37. The van der Waals surface area contributed by atoms with Crippen LogP contribution in [0.3, 0.4) is 0 Å². The smallest absolute Gasteiger partial charge is 0.320 e. The molecule has 1 aliphatic carbocycles. The molecule has 0 atom stereocenters. The normalized spacial score (nSPS) is 20.2. The van der Waals surface area contributed by atoms with Crippen LogP contribution in [0.5, 0.6) is 11.8 Å². The molecule has 0 spiro atoms. The van der Waals surface area contributed by atoms with Crippen molar-refractivity contribution < 1.29 is 19.3 Å². The number of ether oxygens (including phenoxy) is 3. The number of rotatable bonds is 7. The second-order valence-electron chi connectivity index (χ2n) is 8.66. The average molecular weight is 469 g/mol. The highest BCUT2D eigenvalue weighted by Gasteiger charge is 2.18. The maximum atomic E-state index is 9.81. The number of morpholine rings is 2. The molecule has 2 saturated heterocycles. The maximum absolute atomic E-state index is 9.81. The summed E-state index contributed by atoms with van der Waals surface area (Å²) in [5, 5.41) is 14.5. The highest BCUT2D eigenvalue weighted by Crippen LogP contribution is 2.26. The molecule has 2 fully saturated rings. The average Bonchev–Trinajstić information content (AvgIpc) is 2.88. The number of aromatic nitrogens is 2. The minimum atomic E-state index is 0.290. The van der Waals surface area contributed by atoms with Gasteiger partial charge in [0.1, 0.15) is 18.2 Å². The zero-order valence-electron chi connectivity index (χ0n) is 19.4. The minimum Gasteiger partial charge on any atom is -0.508 e. The minimum absolute atomic E-state index is 0.290. The summed E-state index contributed by atoms with van der Waals surface area (Å²) >= 11 is 0. The predicted octanol–water partition coefficient (Wildman–Crippen LogP) is 1.88. The Labute approximate surface area is 199 Å². The summed E-state index contributed by atoms with van der Waals surface area (Å²) in [5.74, 6) is 1.69. The Morgan fingerprint density at radius 1 is 1.00 bits per heavy atom. The molecule has 3 aliphatic rings. The van der Waals surface area contributed by atoms with Gasteiger partial charge in [-0.3, -0.25) is 10.3 Å². The fraction of sp³-hybridized carbons (Fsp3) is 0.542. The number of benzene rings is 1. The lowest BCUT2D eigenvalue weighted by molar-refractivity contribution is 0.0317. The van der Waals surface area contributed by atoms with Crippen LogP contribution in [0.15, 0.2) is 29.4 Å². The highest BCUT2D eigenvalue weighted by molar-refractivity contribution is 6.03.